The van der Waals surface area contributed by atoms with Gasteiger partial charge in [0.15, 0.2) is 5.11 Å². The van der Waals surface area contributed by atoms with E-state index in [-0.39, 0.29) is 28.1 Å². The van der Waals surface area contributed by atoms with E-state index in [1.54, 1.807) is 53.9 Å². The molecule has 9 nitrogen and oxygen atoms in total. The average Bonchev–Trinajstić information content (AvgIpc) is 3.40. The smallest absolute Gasteiger partial charge is 0.269 e. The van der Waals surface area contributed by atoms with Gasteiger partial charge in [0, 0.05) is 47.1 Å². The lowest BCUT2D eigenvalue weighted by atomic mass is 10.1. The minimum absolute atomic E-state index is 0.0373. The Morgan fingerprint density at radius 2 is 1.72 bits per heavy atom. The van der Waals surface area contributed by atoms with Gasteiger partial charge in [-0.05, 0) is 60.1 Å². The van der Waals surface area contributed by atoms with Gasteiger partial charge in [-0.3, -0.25) is 10.1 Å². The summed E-state index contributed by atoms with van der Waals surface area (Å²) >= 11 is 18.5. The van der Waals surface area contributed by atoms with E-state index in [0.29, 0.717) is 38.4 Å². The number of nitro groups is 1. The third kappa shape index (κ3) is 7.44. The second kappa shape index (κ2) is 12.7. The lowest BCUT2D eigenvalue weighted by Crippen LogP contribution is -2.36. The van der Waals surface area contributed by atoms with E-state index < -0.39 is 14.9 Å². The van der Waals surface area contributed by atoms with E-state index in [0.717, 1.165) is 11.3 Å². The Morgan fingerprint density at radius 1 is 0.974 bits per heavy atom. The number of rotatable bonds is 10. The lowest BCUT2D eigenvalue weighted by molar-refractivity contribution is -0.384. The molecular weight excluding hydrogens is 603 g/mol. The van der Waals surface area contributed by atoms with Crippen LogP contribution >= 0.6 is 46.8 Å². The summed E-state index contributed by atoms with van der Waals surface area (Å²) in [5.74, 6) is 0.816. The van der Waals surface area contributed by atoms with Gasteiger partial charge in [-0.1, -0.05) is 41.4 Å². The first kappa shape index (κ1) is 28.7. The van der Waals surface area contributed by atoms with Crippen molar-refractivity contribution in [2.24, 2.45) is 0 Å². The zero-order valence-corrected chi connectivity index (χ0v) is 23.9. The van der Waals surface area contributed by atoms with Crippen LogP contribution in [0.25, 0.3) is 11.1 Å². The molecule has 0 unspecified atom stereocenters. The molecule has 0 atom stereocenters. The van der Waals surface area contributed by atoms with Gasteiger partial charge < -0.3 is 15.4 Å². The molecule has 0 aliphatic carbocycles. The fourth-order valence-corrected chi connectivity index (χ4v) is 6.55. The maximum Gasteiger partial charge on any atom is 0.269 e. The fraction of sp³-hybridized carbons (Fsp3) is 0.0800. The van der Waals surface area contributed by atoms with Crippen LogP contribution in [0.5, 0.6) is 11.5 Å². The maximum atomic E-state index is 13.2. The number of para-hydroxylation sites is 1. The van der Waals surface area contributed by atoms with Crippen molar-refractivity contribution in [3.63, 3.8) is 0 Å². The van der Waals surface area contributed by atoms with E-state index in [1.807, 2.05) is 0 Å². The Labute approximate surface area is 243 Å². The van der Waals surface area contributed by atoms with Crippen molar-refractivity contribution in [2.75, 3.05) is 18.4 Å². The molecule has 3 N–H and O–H groups in total. The van der Waals surface area contributed by atoms with Gasteiger partial charge in [0.25, 0.3) is 15.7 Å². The Hall–Kier alpha value is -3.26. The number of nitrogens with zero attached hydrogens (tertiary/aromatic N) is 1. The number of thiocarbonyl (C=S) groups is 1. The summed E-state index contributed by atoms with van der Waals surface area (Å²) < 4.78 is 35.0. The number of thiophene rings is 1. The molecular formula is C25H20Cl2N4O5S3. The number of non-ortho nitro benzene ring substituents is 1. The van der Waals surface area contributed by atoms with Gasteiger partial charge in [0.1, 0.15) is 15.7 Å². The molecule has 0 bridgehead atoms. The van der Waals surface area contributed by atoms with Crippen LogP contribution in [0.1, 0.15) is 0 Å². The van der Waals surface area contributed by atoms with E-state index in [9.17, 15) is 18.5 Å². The molecule has 0 saturated carbocycles. The van der Waals surface area contributed by atoms with E-state index in [1.165, 1.54) is 24.3 Å². The first-order valence-electron chi connectivity index (χ1n) is 11.2. The largest absolute Gasteiger partial charge is 0.455 e. The van der Waals surface area contributed by atoms with Crippen molar-refractivity contribution in [1.82, 2.24) is 10.0 Å². The molecule has 1 aromatic heterocycles. The monoisotopic (exact) mass is 622 g/mol. The summed E-state index contributed by atoms with van der Waals surface area (Å²) in [4.78, 5) is 10.3. The van der Waals surface area contributed by atoms with Gasteiger partial charge in [0.05, 0.1) is 9.95 Å². The molecule has 14 heteroatoms. The summed E-state index contributed by atoms with van der Waals surface area (Å²) in [7, 11) is -3.87. The van der Waals surface area contributed by atoms with Crippen molar-refractivity contribution >= 4 is 73.3 Å². The first-order valence-corrected chi connectivity index (χ1v) is 14.8. The highest BCUT2D eigenvalue weighted by molar-refractivity contribution is 7.91. The van der Waals surface area contributed by atoms with Crippen LogP contribution in [0.15, 0.2) is 82.4 Å². The molecule has 202 valence electrons. The van der Waals surface area contributed by atoms with E-state index in [4.69, 9.17) is 40.2 Å². The molecule has 0 amide bonds. The van der Waals surface area contributed by atoms with Gasteiger partial charge in [0.2, 0.25) is 0 Å². The highest BCUT2D eigenvalue weighted by Gasteiger charge is 2.23. The standard InChI is InChI=1S/C25H20Cl2N4O5S3/c26-16-5-10-23(21(27)15-16)36-22-4-2-1-3-19(22)20-11-14-38-24(20)39(34,35)29-13-12-28-25(37)30-17-6-8-18(9-7-17)31(32)33/h1-11,14-15,29H,12-13H2,(H2,28,30,37). The van der Waals surface area contributed by atoms with Crippen LogP contribution in [0.3, 0.4) is 0 Å². The SMILES string of the molecule is O=[N+]([O-])c1ccc(NC(=S)NCCNS(=O)(=O)c2sccc2-c2ccccc2Oc2ccc(Cl)cc2Cl)cc1. The number of hydrogen-bond donors (Lipinski definition) is 3. The minimum atomic E-state index is -3.87. The molecule has 4 rings (SSSR count). The molecule has 1 heterocycles. The van der Waals surface area contributed by atoms with Crippen LogP contribution < -0.4 is 20.1 Å². The molecule has 0 aliphatic rings. The van der Waals surface area contributed by atoms with Gasteiger partial charge >= 0.3 is 0 Å². The molecule has 0 spiro atoms. The number of benzene rings is 3. The highest BCUT2D eigenvalue weighted by atomic mass is 35.5. The zero-order chi connectivity index (χ0) is 28.0. The number of halogens is 2. The third-order valence-electron chi connectivity index (χ3n) is 5.20. The number of ether oxygens (including phenoxy) is 1. The summed E-state index contributed by atoms with van der Waals surface area (Å²) in [5, 5.41) is 19.3. The number of anilines is 1. The molecule has 0 radical (unpaired) electrons. The summed E-state index contributed by atoms with van der Waals surface area (Å²) in [5.41, 5.74) is 1.58. The Morgan fingerprint density at radius 3 is 2.44 bits per heavy atom. The Balaban J connectivity index is 1.39. The summed E-state index contributed by atoms with van der Waals surface area (Å²) in [6, 6.07) is 19.4. The highest BCUT2D eigenvalue weighted by Crippen LogP contribution is 2.40. The van der Waals surface area contributed by atoms with Crippen molar-refractivity contribution in [3.05, 3.63) is 98.3 Å². The molecule has 3 aromatic carbocycles. The third-order valence-corrected chi connectivity index (χ3v) is 8.93. The minimum Gasteiger partial charge on any atom is -0.455 e. The lowest BCUT2D eigenvalue weighted by Gasteiger charge is -2.14. The number of sulfonamides is 1. The summed E-state index contributed by atoms with van der Waals surface area (Å²) in [6.45, 7) is 0.258. The van der Waals surface area contributed by atoms with Crippen LogP contribution in [0.2, 0.25) is 10.0 Å². The van der Waals surface area contributed by atoms with E-state index in [2.05, 4.69) is 15.4 Å². The van der Waals surface area contributed by atoms with Gasteiger partial charge in [-0.25, -0.2) is 13.1 Å². The molecule has 39 heavy (non-hydrogen) atoms. The van der Waals surface area contributed by atoms with Gasteiger partial charge in [-0.15, -0.1) is 11.3 Å². The number of nitrogens with one attached hydrogen (secondary N) is 3. The van der Waals surface area contributed by atoms with Crippen LogP contribution in [0.4, 0.5) is 11.4 Å². The van der Waals surface area contributed by atoms with Crippen LogP contribution in [0, 0.1) is 10.1 Å². The molecule has 0 saturated heterocycles. The van der Waals surface area contributed by atoms with Gasteiger partial charge in [-0.2, -0.15) is 0 Å². The van der Waals surface area contributed by atoms with Crippen LogP contribution in [-0.4, -0.2) is 31.5 Å². The fourth-order valence-electron chi connectivity index (χ4n) is 3.43. The van der Waals surface area contributed by atoms with E-state index >= 15 is 0 Å². The van der Waals surface area contributed by atoms with Crippen molar-refractivity contribution in [1.29, 1.82) is 0 Å². The topological polar surface area (TPSA) is 123 Å². The molecule has 0 aliphatic heterocycles. The second-order valence-corrected chi connectivity index (χ2v) is 12.0. The van der Waals surface area contributed by atoms with Crippen molar-refractivity contribution in [2.45, 2.75) is 4.21 Å². The normalized spacial score (nSPS) is 11.1. The predicted molar refractivity (Wildman–Crippen MR) is 159 cm³/mol. The number of nitro benzene ring substituents is 1. The quantitative estimate of drug-likeness (QED) is 0.0774. The predicted octanol–water partition coefficient (Wildman–Crippen LogP) is 6.69. The second-order valence-electron chi connectivity index (χ2n) is 7.88. The average molecular weight is 624 g/mol. The maximum absolute atomic E-state index is 13.2. The Kier molecular flexibility index (Phi) is 9.38. The van der Waals surface area contributed by atoms with Crippen LogP contribution in [-0.2, 0) is 10.0 Å². The van der Waals surface area contributed by atoms with Crippen molar-refractivity contribution in [3.8, 4) is 22.6 Å². The summed E-state index contributed by atoms with van der Waals surface area (Å²) in [6.07, 6.45) is 0. The zero-order valence-electron chi connectivity index (χ0n) is 19.9. The van der Waals surface area contributed by atoms with Crippen molar-refractivity contribution < 1.29 is 18.1 Å². The number of hydrogen-bond acceptors (Lipinski definition) is 7. The molecule has 0 fully saturated rings. The molecule has 4 aromatic rings. The first-order chi connectivity index (χ1) is 18.6. The Bertz CT molecular complexity index is 1610.